The monoisotopic (exact) mass is 373 g/mol. The standard InChI is InChI=1S/C15H20BrN3O.ClH/c16-14-4-2-1-3-13(14)15(20)19-8-5-12(11-19)18-9-6-17-7-10-18;/h1-4,12,17H,5-11H2;1H. The number of nitrogens with one attached hydrogen (secondary N) is 1. The van der Waals surface area contributed by atoms with Gasteiger partial charge in [-0.2, -0.15) is 0 Å². The van der Waals surface area contributed by atoms with Crippen molar-refractivity contribution in [2.75, 3.05) is 39.3 Å². The van der Waals surface area contributed by atoms with Gasteiger partial charge in [-0.05, 0) is 34.5 Å². The van der Waals surface area contributed by atoms with Crippen molar-refractivity contribution in [1.82, 2.24) is 15.1 Å². The number of carbonyl (C=O) groups excluding carboxylic acids is 1. The van der Waals surface area contributed by atoms with E-state index in [0.717, 1.165) is 55.7 Å². The van der Waals surface area contributed by atoms with Crippen molar-refractivity contribution in [2.24, 2.45) is 0 Å². The highest BCUT2D eigenvalue weighted by Crippen LogP contribution is 2.22. The number of rotatable bonds is 2. The summed E-state index contributed by atoms with van der Waals surface area (Å²) in [5.41, 5.74) is 0.772. The first-order chi connectivity index (χ1) is 9.75. The van der Waals surface area contributed by atoms with Gasteiger partial charge in [0.15, 0.2) is 0 Å². The van der Waals surface area contributed by atoms with E-state index in [4.69, 9.17) is 0 Å². The summed E-state index contributed by atoms with van der Waals surface area (Å²) in [4.78, 5) is 17.1. The van der Waals surface area contributed by atoms with Gasteiger partial charge in [0.2, 0.25) is 0 Å². The average Bonchev–Trinajstić information content (AvgIpc) is 2.98. The fourth-order valence-corrected chi connectivity index (χ4v) is 3.53. The van der Waals surface area contributed by atoms with Gasteiger partial charge in [0.05, 0.1) is 5.56 Å². The molecule has 1 aromatic rings. The predicted molar refractivity (Wildman–Crippen MR) is 90.1 cm³/mol. The Morgan fingerprint density at radius 3 is 2.62 bits per heavy atom. The number of halogens is 2. The number of carbonyl (C=O) groups is 1. The van der Waals surface area contributed by atoms with Crippen molar-refractivity contribution in [3.63, 3.8) is 0 Å². The third kappa shape index (κ3) is 3.77. The lowest BCUT2D eigenvalue weighted by Crippen LogP contribution is -2.49. The van der Waals surface area contributed by atoms with Crippen LogP contribution in [0.25, 0.3) is 0 Å². The summed E-state index contributed by atoms with van der Waals surface area (Å²) < 4.78 is 0.885. The van der Waals surface area contributed by atoms with Gasteiger partial charge in [-0.15, -0.1) is 12.4 Å². The minimum absolute atomic E-state index is 0. The molecule has 1 aromatic carbocycles. The van der Waals surface area contributed by atoms with Gasteiger partial charge >= 0.3 is 0 Å². The van der Waals surface area contributed by atoms with Crippen molar-refractivity contribution in [2.45, 2.75) is 12.5 Å². The Kier molecular flexibility index (Phi) is 6.05. The van der Waals surface area contributed by atoms with Crippen molar-refractivity contribution in [1.29, 1.82) is 0 Å². The third-order valence-corrected chi connectivity index (χ3v) is 4.91. The Morgan fingerprint density at radius 1 is 1.19 bits per heavy atom. The molecule has 4 nitrogen and oxygen atoms in total. The van der Waals surface area contributed by atoms with Crippen LogP contribution >= 0.6 is 28.3 Å². The first-order valence-electron chi connectivity index (χ1n) is 7.24. The summed E-state index contributed by atoms with van der Waals surface area (Å²) >= 11 is 3.47. The summed E-state index contributed by atoms with van der Waals surface area (Å²) in [6, 6.07) is 8.21. The van der Waals surface area contributed by atoms with Crippen LogP contribution in [0.4, 0.5) is 0 Å². The summed E-state index contributed by atoms with van der Waals surface area (Å²) in [6.45, 7) is 6.06. The van der Waals surface area contributed by atoms with Gasteiger partial charge in [-0.3, -0.25) is 9.69 Å². The van der Waals surface area contributed by atoms with Crippen LogP contribution < -0.4 is 5.32 Å². The molecular weight excluding hydrogens is 354 g/mol. The molecule has 1 N–H and O–H groups in total. The highest BCUT2D eigenvalue weighted by atomic mass is 79.9. The van der Waals surface area contributed by atoms with Gasteiger partial charge in [0, 0.05) is 49.8 Å². The molecule has 1 atom stereocenters. The Morgan fingerprint density at radius 2 is 1.90 bits per heavy atom. The Bertz CT molecular complexity index is 494. The molecule has 1 amide bonds. The topological polar surface area (TPSA) is 35.6 Å². The Hall–Kier alpha value is -0.620. The van der Waals surface area contributed by atoms with E-state index in [1.807, 2.05) is 29.2 Å². The normalized spacial score (nSPS) is 22.9. The number of hydrogen-bond donors (Lipinski definition) is 1. The number of benzene rings is 1. The molecule has 116 valence electrons. The van der Waals surface area contributed by atoms with Crippen LogP contribution in [0.3, 0.4) is 0 Å². The zero-order valence-electron chi connectivity index (χ0n) is 11.9. The maximum atomic E-state index is 12.6. The highest BCUT2D eigenvalue weighted by molar-refractivity contribution is 9.10. The molecule has 0 spiro atoms. The number of amides is 1. The van der Waals surface area contributed by atoms with Gasteiger partial charge < -0.3 is 10.2 Å². The zero-order chi connectivity index (χ0) is 13.9. The molecule has 21 heavy (non-hydrogen) atoms. The first kappa shape index (κ1) is 16.7. The molecule has 2 aliphatic rings. The zero-order valence-corrected chi connectivity index (χ0v) is 14.3. The molecule has 1 unspecified atom stereocenters. The van der Waals surface area contributed by atoms with Crippen molar-refractivity contribution >= 4 is 34.2 Å². The van der Waals surface area contributed by atoms with E-state index in [9.17, 15) is 4.79 Å². The van der Waals surface area contributed by atoms with Crippen molar-refractivity contribution in [3.8, 4) is 0 Å². The molecule has 6 heteroatoms. The minimum Gasteiger partial charge on any atom is -0.337 e. The molecule has 0 aliphatic carbocycles. The van der Waals surface area contributed by atoms with E-state index in [-0.39, 0.29) is 18.3 Å². The molecule has 2 heterocycles. The molecule has 2 saturated heterocycles. The lowest BCUT2D eigenvalue weighted by molar-refractivity contribution is 0.0772. The summed E-state index contributed by atoms with van der Waals surface area (Å²) in [5.74, 6) is 0.148. The average molecular weight is 375 g/mol. The van der Waals surface area contributed by atoms with E-state index in [1.54, 1.807) is 0 Å². The number of hydrogen-bond acceptors (Lipinski definition) is 3. The van der Waals surface area contributed by atoms with Crippen LogP contribution in [0.5, 0.6) is 0 Å². The number of piperazine rings is 1. The summed E-state index contributed by atoms with van der Waals surface area (Å²) in [5, 5.41) is 3.38. The molecule has 0 bridgehead atoms. The second-order valence-electron chi connectivity index (χ2n) is 5.46. The smallest absolute Gasteiger partial charge is 0.255 e. The third-order valence-electron chi connectivity index (χ3n) is 4.22. The Balaban J connectivity index is 0.00000161. The summed E-state index contributed by atoms with van der Waals surface area (Å²) in [7, 11) is 0. The maximum Gasteiger partial charge on any atom is 0.255 e. The molecule has 2 aliphatic heterocycles. The molecular formula is C15H21BrClN3O. The summed E-state index contributed by atoms with van der Waals surface area (Å²) in [6.07, 6.45) is 1.09. The second kappa shape index (κ2) is 7.58. The fraction of sp³-hybridized carbons (Fsp3) is 0.533. The number of likely N-dealkylation sites (tertiary alicyclic amines) is 1. The molecule has 0 saturated carbocycles. The first-order valence-corrected chi connectivity index (χ1v) is 8.03. The minimum atomic E-state index is 0. The van der Waals surface area contributed by atoms with Crippen LogP contribution in [0.2, 0.25) is 0 Å². The van der Waals surface area contributed by atoms with Crippen LogP contribution in [-0.2, 0) is 0 Å². The molecule has 2 fully saturated rings. The fourth-order valence-electron chi connectivity index (χ4n) is 3.08. The van der Waals surface area contributed by atoms with E-state index in [1.165, 1.54) is 0 Å². The molecule has 0 aromatic heterocycles. The van der Waals surface area contributed by atoms with Crippen LogP contribution in [0.1, 0.15) is 16.8 Å². The van der Waals surface area contributed by atoms with Crippen LogP contribution in [-0.4, -0.2) is 61.0 Å². The van der Waals surface area contributed by atoms with E-state index in [0.29, 0.717) is 6.04 Å². The largest absolute Gasteiger partial charge is 0.337 e. The second-order valence-corrected chi connectivity index (χ2v) is 6.31. The van der Waals surface area contributed by atoms with Gasteiger partial charge in [-0.25, -0.2) is 0 Å². The van der Waals surface area contributed by atoms with E-state index in [2.05, 4.69) is 26.1 Å². The van der Waals surface area contributed by atoms with E-state index < -0.39 is 0 Å². The molecule has 0 radical (unpaired) electrons. The van der Waals surface area contributed by atoms with Gasteiger partial charge in [-0.1, -0.05) is 12.1 Å². The Labute approximate surface area is 140 Å². The lowest BCUT2D eigenvalue weighted by Gasteiger charge is -2.32. The van der Waals surface area contributed by atoms with E-state index >= 15 is 0 Å². The lowest BCUT2D eigenvalue weighted by atomic mass is 10.2. The van der Waals surface area contributed by atoms with Crippen molar-refractivity contribution < 1.29 is 4.79 Å². The predicted octanol–water partition coefficient (Wildman–Crippen LogP) is 1.99. The SMILES string of the molecule is Cl.O=C(c1ccccc1Br)N1CCC(N2CCNCC2)C1. The maximum absolute atomic E-state index is 12.6. The van der Waals surface area contributed by atoms with Gasteiger partial charge in [0.25, 0.3) is 5.91 Å². The highest BCUT2D eigenvalue weighted by Gasteiger charge is 2.31. The van der Waals surface area contributed by atoms with Crippen LogP contribution in [0, 0.1) is 0 Å². The van der Waals surface area contributed by atoms with Gasteiger partial charge in [0.1, 0.15) is 0 Å². The van der Waals surface area contributed by atoms with Crippen molar-refractivity contribution in [3.05, 3.63) is 34.3 Å². The van der Waals surface area contributed by atoms with Crippen LogP contribution in [0.15, 0.2) is 28.7 Å². The quantitative estimate of drug-likeness (QED) is 0.860. The number of nitrogens with zero attached hydrogens (tertiary/aromatic N) is 2. The molecule has 3 rings (SSSR count).